The maximum Gasteiger partial charge on any atom is 0.281 e. The van der Waals surface area contributed by atoms with Gasteiger partial charge < -0.3 is 0 Å². The van der Waals surface area contributed by atoms with E-state index in [1.807, 2.05) is 0 Å². The van der Waals surface area contributed by atoms with Gasteiger partial charge in [0.05, 0.1) is 0 Å². The first-order chi connectivity index (χ1) is 4.41. The van der Waals surface area contributed by atoms with Gasteiger partial charge in [-0.1, -0.05) is 6.92 Å². The van der Waals surface area contributed by atoms with Crippen molar-refractivity contribution in [3.05, 3.63) is 0 Å². The number of hydrogen-bond acceptors (Lipinski definition) is 0. The van der Waals surface area contributed by atoms with Gasteiger partial charge in [-0.3, -0.25) is 0 Å². The lowest BCUT2D eigenvalue weighted by atomic mass is 10.1. The van der Waals surface area contributed by atoms with Crippen LogP contribution in [0.4, 0.5) is 17.6 Å². The lowest BCUT2D eigenvalue weighted by molar-refractivity contribution is -0.0979. The SMILES string of the molecule is CCC(F)(F)[C@@H](F)C(C)F. The molecule has 62 valence electrons. The molecule has 2 atom stereocenters. The van der Waals surface area contributed by atoms with Crippen molar-refractivity contribution in [2.45, 2.75) is 38.5 Å². The second-order valence-electron chi connectivity index (χ2n) is 2.19. The highest BCUT2D eigenvalue weighted by molar-refractivity contribution is 4.79. The first-order valence-electron chi connectivity index (χ1n) is 3.07. The molecule has 0 fully saturated rings. The fraction of sp³-hybridized carbons (Fsp3) is 1.00. The third kappa shape index (κ3) is 2.15. The summed E-state index contributed by atoms with van der Waals surface area (Å²) in [7, 11) is 0. The molecular weight excluding hydrogens is 148 g/mol. The molecule has 4 heteroatoms. The summed E-state index contributed by atoms with van der Waals surface area (Å²) < 4.78 is 48.5. The second-order valence-corrected chi connectivity index (χ2v) is 2.19. The Labute approximate surface area is 57.2 Å². The monoisotopic (exact) mass is 158 g/mol. The van der Waals surface area contributed by atoms with E-state index in [4.69, 9.17) is 0 Å². The molecule has 0 aliphatic rings. The summed E-state index contributed by atoms with van der Waals surface area (Å²) >= 11 is 0. The largest absolute Gasteiger partial charge is 0.281 e. The van der Waals surface area contributed by atoms with E-state index in [-0.39, 0.29) is 0 Å². The highest BCUT2D eigenvalue weighted by Crippen LogP contribution is 2.28. The average Bonchev–Trinajstić information content (AvgIpc) is 1.86. The molecule has 0 bridgehead atoms. The topological polar surface area (TPSA) is 0 Å². The zero-order valence-electron chi connectivity index (χ0n) is 5.87. The van der Waals surface area contributed by atoms with Gasteiger partial charge >= 0.3 is 0 Å². The third-order valence-corrected chi connectivity index (χ3v) is 1.28. The molecular formula is C6H10F4. The van der Waals surface area contributed by atoms with Gasteiger partial charge in [-0.2, -0.15) is 0 Å². The molecule has 0 aromatic heterocycles. The number of rotatable bonds is 3. The Morgan fingerprint density at radius 2 is 1.70 bits per heavy atom. The smallest absolute Gasteiger partial charge is 0.244 e. The van der Waals surface area contributed by atoms with Crippen LogP contribution < -0.4 is 0 Å². The number of hydrogen-bond donors (Lipinski definition) is 0. The molecule has 0 aliphatic carbocycles. The van der Waals surface area contributed by atoms with Crippen molar-refractivity contribution < 1.29 is 17.6 Å². The van der Waals surface area contributed by atoms with Gasteiger partial charge in [0, 0.05) is 6.42 Å². The molecule has 0 saturated carbocycles. The van der Waals surface area contributed by atoms with E-state index in [0.29, 0.717) is 0 Å². The van der Waals surface area contributed by atoms with Crippen molar-refractivity contribution in [2.24, 2.45) is 0 Å². The van der Waals surface area contributed by atoms with Crippen molar-refractivity contribution >= 4 is 0 Å². The van der Waals surface area contributed by atoms with Crippen LogP contribution in [0.2, 0.25) is 0 Å². The van der Waals surface area contributed by atoms with Gasteiger partial charge in [0.15, 0.2) is 6.17 Å². The van der Waals surface area contributed by atoms with Crippen LogP contribution in [0.1, 0.15) is 20.3 Å². The molecule has 0 spiro atoms. The summed E-state index contributed by atoms with van der Waals surface area (Å²) in [6.07, 6.45) is -5.44. The van der Waals surface area contributed by atoms with E-state index in [2.05, 4.69) is 0 Å². The molecule has 0 aromatic carbocycles. The van der Waals surface area contributed by atoms with Gasteiger partial charge in [-0.25, -0.2) is 17.6 Å². The molecule has 0 heterocycles. The maximum absolute atomic E-state index is 12.2. The van der Waals surface area contributed by atoms with Gasteiger partial charge in [0.25, 0.3) is 5.92 Å². The molecule has 0 N–H and O–H groups in total. The van der Waals surface area contributed by atoms with E-state index in [1.54, 1.807) is 0 Å². The average molecular weight is 158 g/mol. The summed E-state index contributed by atoms with van der Waals surface area (Å²) in [6.45, 7) is 1.91. The van der Waals surface area contributed by atoms with Crippen molar-refractivity contribution in [3.8, 4) is 0 Å². The Kier molecular flexibility index (Phi) is 3.12. The Morgan fingerprint density at radius 3 is 1.80 bits per heavy atom. The normalized spacial score (nSPS) is 18.6. The molecule has 0 radical (unpaired) electrons. The minimum absolute atomic E-state index is 0.664. The highest BCUT2D eigenvalue weighted by Gasteiger charge is 2.41. The summed E-state index contributed by atoms with van der Waals surface area (Å²) in [4.78, 5) is 0. The van der Waals surface area contributed by atoms with Gasteiger partial charge in [-0.05, 0) is 6.92 Å². The molecule has 1 unspecified atom stereocenters. The van der Waals surface area contributed by atoms with Crippen LogP contribution in [0, 0.1) is 0 Å². The van der Waals surface area contributed by atoms with E-state index < -0.39 is 24.7 Å². The Bertz CT molecular complexity index is 99.9. The van der Waals surface area contributed by atoms with Crippen LogP contribution in [0.3, 0.4) is 0 Å². The van der Waals surface area contributed by atoms with Crippen LogP contribution in [0.15, 0.2) is 0 Å². The fourth-order valence-electron chi connectivity index (χ4n) is 0.531. The van der Waals surface area contributed by atoms with Gasteiger partial charge in [0.1, 0.15) is 6.17 Å². The molecule has 10 heavy (non-hydrogen) atoms. The summed E-state index contributed by atoms with van der Waals surface area (Å²) in [6, 6.07) is 0. The highest BCUT2D eigenvalue weighted by atomic mass is 19.3. The van der Waals surface area contributed by atoms with Gasteiger partial charge in [0.2, 0.25) is 0 Å². The first kappa shape index (κ1) is 9.72. The van der Waals surface area contributed by atoms with E-state index >= 15 is 0 Å². The van der Waals surface area contributed by atoms with Crippen molar-refractivity contribution in [1.29, 1.82) is 0 Å². The third-order valence-electron chi connectivity index (χ3n) is 1.28. The predicted molar refractivity (Wildman–Crippen MR) is 30.7 cm³/mol. The molecule has 0 nitrogen and oxygen atoms in total. The number of alkyl halides is 4. The first-order valence-corrected chi connectivity index (χ1v) is 3.07. The Morgan fingerprint density at radius 1 is 1.30 bits per heavy atom. The zero-order chi connectivity index (χ0) is 8.36. The quantitative estimate of drug-likeness (QED) is 0.554. The lowest BCUT2D eigenvalue weighted by Crippen LogP contribution is -2.35. The minimum Gasteiger partial charge on any atom is -0.244 e. The van der Waals surface area contributed by atoms with Crippen LogP contribution in [0.25, 0.3) is 0 Å². The summed E-state index contributed by atoms with van der Waals surface area (Å²) in [5, 5.41) is 0. The van der Waals surface area contributed by atoms with Crippen LogP contribution in [0.5, 0.6) is 0 Å². The zero-order valence-corrected chi connectivity index (χ0v) is 5.87. The van der Waals surface area contributed by atoms with Crippen molar-refractivity contribution in [2.75, 3.05) is 0 Å². The molecule has 0 aliphatic heterocycles. The second kappa shape index (κ2) is 3.21. The minimum atomic E-state index is -3.52. The maximum atomic E-state index is 12.2. The lowest BCUT2D eigenvalue weighted by Gasteiger charge is -2.19. The molecule has 0 aromatic rings. The van der Waals surface area contributed by atoms with E-state index in [9.17, 15) is 17.6 Å². The van der Waals surface area contributed by atoms with Gasteiger partial charge in [-0.15, -0.1) is 0 Å². The predicted octanol–water partition coefficient (Wildman–Crippen LogP) is 2.73. The number of halogens is 4. The summed E-state index contributed by atoms with van der Waals surface area (Å²) in [5.41, 5.74) is 0. The molecule has 0 rings (SSSR count). The van der Waals surface area contributed by atoms with Crippen LogP contribution >= 0.6 is 0 Å². The summed E-state index contributed by atoms with van der Waals surface area (Å²) in [5.74, 6) is -3.52. The van der Waals surface area contributed by atoms with E-state index in [1.165, 1.54) is 0 Å². The van der Waals surface area contributed by atoms with Crippen LogP contribution in [-0.2, 0) is 0 Å². The fourth-order valence-corrected chi connectivity index (χ4v) is 0.531. The van der Waals surface area contributed by atoms with Crippen molar-refractivity contribution in [3.63, 3.8) is 0 Å². The van der Waals surface area contributed by atoms with Crippen molar-refractivity contribution in [1.82, 2.24) is 0 Å². The Hall–Kier alpha value is -0.280. The molecule has 0 amide bonds. The Balaban J connectivity index is 4.03. The van der Waals surface area contributed by atoms with E-state index in [0.717, 1.165) is 13.8 Å². The standard InChI is InChI=1S/C6H10F4/c1-3-6(9,10)5(8)4(2)7/h4-5H,3H2,1-2H3/t4?,5-/m0/s1. The van der Waals surface area contributed by atoms with Crippen LogP contribution in [-0.4, -0.2) is 18.3 Å². The molecule has 0 saturated heterocycles.